The molecule has 0 N–H and O–H groups in total. The van der Waals surface area contributed by atoms with E-state index >= 15 is 0 Å². The Morgan fingerprint density at radius 2 is 2.15 bits per heavy atom. The molecule has 100 valence electrons. The van der Waals surface area contributed by atoms with Crippen LogP contribution in [0, 0.1) is 0 Å². The van der Waals surface area contributed by atoms with Gasteiger partial charge in [-0.05, 0) is 12.1 Å². The van der Waals surface area contributed by atoms with E-state index in [1.54, 1.807) is 31.6 Å². The van der Waals surface area contributed by atoms with Gasteiger partial charge in [-0.15, -0.1) is 0 Å². The van der Waals surface area contributed by atoms with Crippen molar-refractivity contribution in [3.8, 4) is 17.2 Å². The van der Waals surface area contributed by atoms with Crippen LogP contribution in [0.5, 0.6) is 0 Å². The molecule has 20 heavy (non-hydrogen) atoms. The third-order valence-electron chi connectivity index (χ3n) is 2.78. The summed E-state index contributed by atoms with van der Waals surface area (Å²) >= 11 is 0. The second-order valence-corrected chi connectivity index (χ2v) is 4.07. The molecule has 0 saturated heterocycles. The predicted molar refractivity (Wildman–Crippen MR) is 67.5 cm³/mol. The van der Waals surface area contributed by atoms with E-state index in [2.05, 4.69) is 19.8 Å². The summed E-state index contributed by atoms with van der Waals surface area (Å²) in [5.41, 5.74) is 1.11. The lowest BCUT2D eigenvalue weighted by atomic mass is 10.2. The van der Waals surface area contributed by atoms with Crippen molar-refractivity contribution in [2.24, 2.45) is 7.05 Å². The molecule has 0 amide bonds. The van der Waals surface area contributed by atoms with Gasteiger partial charge in [0, 0.05) is 25.0 Å². The van der Waals surface area contributed by atoms with E-state index in [4.69, 9.17) is 0 Å². The van der Waals surface area contributed by atoms with Crippen LogP contribution in [-0.2, 0) is 7.05 Å². The summed E-state index contributed by atoms with van der Waals surface area (Å²) in [7, 11) is 1.56. The van der Waals surface area contributed by atoms with E-state index in [-0.39, 0.29) is 0 Å². The predicted octanol–water partition coefficient (Wildman–Crippen LogP) is 0.433. The highest BCUT2D eigenvalue weighted by Gasteiger charge is 2.10. The lowest BCUT2D eigenvalue weighted by molar-refractivity contribution is 0.112. The minimum atomic E-state index is -0.535. The Labute approximate surface area is 112 Å². The minimum Gasteiger partial charge on any atom is -0.298 e. The Bertz CT molecular complexity index is 812. The molecule has 0 unspecified atom stereocenters. The summed E-state index contributed by atoms with van der Waals surface area (Å²) in [5.74, 6) is 0.408. The van der Waals surface area contributed by atoms with Crippen LogP contribution in [0.25, 0.3) is 17.2 Å². The Morgan fingerprint density at radius 1 is 1.30 bits per heavy atom. The molecule has 0 aromatic carbocycles. The summed E-state index contributed by atoms with van der Waals surface area (Å²) in [6.45, 7) is 0. The van der Waals surface area contributed by atoms with Gasteiger partial charge in [-0.25, -0.2) is 14.5 Å². The molecule has 3 rings (SSSR count). The van der Waals surface area contributed by atoms with E-state index in [0.29, 0.717) is 29.1 Å². The highest BCUT2D eigenvalue weighted by atomic mass is 16.5. The van der Waals surface area contributed by atoms with Crippen LogP contribution in [0.1, 0.15) is 10.4 Å². The molecule has 3 heterocycles. The van der Waals surface area contributed by atoms with Crippen molar-refractivity contribution in [3.05, 3.63) is 46.8 Å². The largest absolute Gasteiger partial charge is 0.441 e. The summed E-state index contributed by atoms with van der Waals surface area (Å²) < 4.78 is 7.32. The molecule has 0 atom stereocenters. The topological polar surface area (TPSA) is 95.8 Å². The van der Waals surface area contributed by atoms with Crippen molar-refractivity contribution >= 4 is 6.29 Å². The van der Waals surface area contributed by atoms with Crippen LogP contribution in [-0.4, -0.2) is 30.8 Å². The highest BCUT2D eigenvalue weighted by Crippen LogP contribution is 2.15. The van der Waals surface area contributed by atoms with Crippen LogP contribution in [0.3, 0.4) is 0 Å². The lowest BCUT2D eigenvalue weighted by Crippen LogP contribution is -2.10. The van der Waals surface area contributed by atoms with E-state index in [1.807, 2.05) is 0 Å². The molecule has 3 aromatic heterocycles. The van der Waals surface area contributed by atoms with Crippen molar-refractivity contribution in [1.82, 2.24) is 24.5 Å². The zero-order chi connectivity index (χ0) is 14.1. The van der Waals surface area contributed by atoms with E-state index < -0.39 is 5.76 Å². The number of rotatable bonds is 3. The first kappa shape index (κ1) is 12.0. The average Bonchev–Trinajstić information content (AvgIpc) is 3.08. The van der Waals surface area contributed by atoms with Crippen LogP contribution in [0.4, 0.5) is 0 Å². The fourth-order valence-electron chi connectivity index (χ4n) is 1.71. The molecule has 0 saturated carbocycles. The normalized spacial score (nSPS) is 10.7. The molecular weight excluding hydrogens is 262 g/mol. The van der Waals surface area contributed by atoms with Gasteiger partial charge in [0.25, 0.3) is 0 Å². The van der Waals surface area contributed by atoms with Gasteiger partial charge in [-0.3, -0.25) is 13.9 Å². The number of hydrogen-bond donors (Lipinski definition) is 0. The fraction of sp³-hybridized carbons (Fsp3) is 0.0833. The van der Waals surface area contributed by atoms with Crippen molar-refractivity contribution < 1.29 is 9.32 Å². The second-order valence-electron chi connectivity index (χ2n) is 4.07. The molecule has 0 bridgehead atoms. The molecule has 3 aromatic rings. The number of pyridine rings is 1. The fourth-order valence-corrected chi connectivity index (χ4v) is 1.71. The Kier molecular flexibility index (Phi) is 2.75. The quantitative estimate of drug-likeness (QED) is 0.641. The van der Waals surface area contributed by atoms with E-state index in [0.717, 1.165) is 0 Å². The maximum atomic E-state index is 11.2. The highest BCUT2D eigenvalue weighted by molar-refractivity contribution is 5.73. The van der Waals surface area contributed by atoms with Gasteiger partial charge in [0.15, 0.2) is 17.9 Å². The number of hydrogen-bond acceptors (Lipinski definition) is 6. The summed E-state index contributed by atoms with van der Waals surface area (Å²) in [6.07, 6.45) is 5.28. The molecule has 8 nitrogen and oxygen atoms in total. The zero-order valence-corrected chi connectivity index (χ0v) is 10.4. The van der Waals surface area contributed by atoms with Crippen LogP contribution >= 0.6 is 0 Å². The Hall–Kier alpha value is -3.03. The minimum absolute atomic E-state index is 0.392. The van der Waals surface area contributed by atoms with Gasteiger partial charge >= 0.3 is 5.76 Å². The molecule has 0 aliphatic rings. The molecule has 0 aliphatic heterocycles. The van der Waals surface area contributed by atoms with E-state index in [9.17, 15) is 9.59 Å². The van der Waals surface area contributed by atoms with Crippen LogP contribution in [0.2, 0.25) is 0 Å². The van der Waals surface area contributed by atoms with Gasteiger partial charge in [0.2, 0.25) is 0 Å². The van der Waals surface area contributed by atoms with E-state index in [1.165, 1.54) is 15.4 Å². The first-order chi connectivity index (χ1) is 9.69. The molecule has 8 heteroatoms. The summed E-state index contributed by atoms with van der Waals surface area (Å²) in [4.78, 5) is 26.0. The SMILES string of the molecule is Cn1c(-c2ccc(-n3cc(C=O)cn3)nc2)noc1=O. The molecule has 0 spiro atoms. The van der Waals surface area contributed by atoms with Gasteiger partial charge in [-0.1, -0.05) is 5.16 Å². The first-order valence-electron chi connectivity index (χ1n) is 5.68. The summed E-state index contributed by atoms with van der Waals surface area (Å²) in [6, 6.07) is 3.44. The number of aldehydes is 1. The molecular formula is C12H9N5O3. The van der Waals surface area contributed by atoms with Crippen molar-refractivity contribution in [2.45, 2.75) is 0 Å². The van der Waals surface area contributed by atoms with Crippen LogP contribution in [0.15, 0.2) is 40.0 Å². The number of aromatic nitrogens is 5. The first-order valence-corrected chi connectivity index (χ1v) is 5.68. The third kappa shape index (κ3) is 1.92. The Morgan fingerprint density at radius 3 is 2.70 bits per heavy atom. The third-order valence-corrected chi connectivity index (χ3v) is 2.78. The maximum absolute atomic E-state index is 11.2. The molecule has 0 fully saturated rings. The van der Waals surface area contributed by atoms with Crippen LogP contribution < -0.4 is 5.76 Å². The standard InChI is InChI=1S/C12H9N5O3/c1-16-11(15-20-12(16)19)9-2-3-10(13-5-9)17-6-8(7-18)4-14-17/h2-7H,1H3. The maximum Gasteiger partial charge on any atom is 0.441 e. The van der Waals surface area contributed by atoms with Crippen molar-refractivity contribution in [3.63, 3.8) is 0 Å². The van der Waals surface area contributed by atoms with Crippen molar-refractivity contribution in [1.29, 1.82) is 0 Å². The number of carbonyl (C=O) groups is 1. The zero-order valence-electron chi connectivity index (χ0n) is 10.4. The van der Waals surface area contributed by atoms with Gasteiger partial charge in [-0.2, -0.15) is 5.10 Å². The van der Waals surface area contributed by atoms with Gasteiger partial charge in [0.1, 0.15) is 0 Å². The van der Waals surface area contributed by atoms with Gasteiger partial charge < -0.3 is 0 Å². The number of nitrogens with zero attached hydrogens (tertiary/aromatic N) is 5. The molecule has 0 radical (unpaired) electrons. The van der Waals surface area contributed by atoms with Gasteiger partial charge in [0.05, 0.1) is 11.8 Å². The monoisotopic (exact) mass is 271 g/mol. The second kappa shape index (κ2) is 4.57. The smallest absolute Gasteiger partial charge is 0.298 e. The van der Waals surface area contributed by atoms with Crippen molar-refractivity contribution in [2.75, 3.05) is 0 Å². The Balaban J connectivity index is 1.97. The molecule has 0 aliphatic carbocycles. The average molecular weight is 271 g/mol. The lowest BCUT2D eigenvalue weighted by Gasteiger charge is -2.01. The number of carbonyl (C=O) groups excluding carboxylic acids is 1. The summed E-state index contributed by atoms with van der Waals surface area (Å²) in [5, 5.41) is 7.69.